The SMILES string of the molecule is CC(C)c1cc(-c2ccc(F)cc2)nc2cc(C(=O)N3CCN(S(=O)(=O)c4ccn(C)n4)CC3(C)C)oc12. The lowest BCUT2D eigenvalue weighted by molar-refractivity contribution is 0.0325. The van der Waals surface area contributed by atoms with Crippen molar-refractivity contribution in [3.63, 3.8) is 0 Å². The summed E-state index contributed by atoms with van der Waals surface area (Å²) in [4.78, 5) is 20.0. The van der Waals surface area contributed by atoms with Gasteiger partial charge in [0.2, 0.25) is 0 Å². The maximum atomic E-state index is 13.7. The molecule has 1 fully saturated rings. The highest BCUT2D eigenvalue weighted by molar-refractivity contribution is 7.89. The molecule has 4 aromatic rings. The number of aromatic nitrogens is 3. The zero-order chi connectivity index (χ0) is 27.4. The zero-order valence-electron chi connectivity index (χ0n) is 22.0. The number of aryl methyl sites for hydroxylation is 1. The maximum absolute atomic E-state index is 13.7. The van der Waals surface area contributed by atoms with Gasteiger partial charge in [-0.05, 0) is 56.2 Å². The van der Waals surface area contributed by atoms with Crippen molar-refractivity contribution in [3.05, 3.63) is 65.8 Å². The highest BCUT2D eigenvalue weighted by atomic mass is 32.2. The Bertz CT molecular complexity index is 1620. The second kappa shape index (κ2) is 9.32. The number of amides is 1. The number of nitrogens with zero attached hydrogens (tertiary/aromatic N) is 5. The molecule has 0 bridgehead atoms. The third kappa shape index (κ3) is 4.60. The van der Waals surface area contributed by atoms with Crippen molar-refractivity contribution in [2.45, 2.75) is 44.2 Å². The summed E-state index contributed by atoms with van der Waals surface area (Å²) in [5.74, 6) is -0.433. The summed E-state index contributed by atoms with van der Waals surface area (Å²) in [7, 11) is -2.13. The number of sulfonamides is 1. The lowest BCUT2D eigenvalue weighted by atomic mass is 9.99. The number of pyridine rings is 1. The summed E-state index contributed by atoms with van der Waals surface area (Å²) in [5.41, 5.74) is 2.57. The first kappa shape index (κ1) is 26.1. The lowest BCUT2D eigenvalue weighted by Gasteiger charge is -2.45. The topological polar surface area (TPSA) is 102 Å². The number of rotatable bonds is 5. The maximum Gasteiger partial charge on any atom is 0.290 e. The normalized spacial score (nSPS) is 16.4. The van der Waals surface area contributed by atoms with Gasteiger partial charge in [0.15, 0.2) is 16.4 Å². The Labute approximate surface area is 220 Å². The molecule has 3 aromatic heterocycles. The fourth-order valence-corrected chi connectivity index (χ4v) is 6.37. The molecular weight excluding hydrogens is 509 g/mol. The van der Waals surface area contributed by atoms with Gasteiger partial charge in [0.25, 0.3) is 15.9 Å². The van der Waals surface area contributed by atoms with Crippen molar-refractivity contribution in [2.24, 2.45) is 7.05 Å². The summed E-state index contributed by atoms with van der Waals surface area (Å²) in [5, 5.41) is 4.04. The van der Waals surface area contributed by atoms with E-state index in [0.29, 0.717) is 16.8 Å². The average Bonchev–Trinajstić information content (AvgIpc) is 3.49. The first-order valence-electron chi connectivity index (χ1n) is 12.4. The Balaban J connectivity index is 1.45. The van der Waals surface area contributed by atoms with E-state index in [0.717, 1.165) is 11.1 Å². The number of piperazine rings is 1. The largest absolute Gasteiger partial charge is 0.449 e. The Hall–Kier alpha value is -3.57. The van der Waals surface area contributed by atoms with E-state index >= 15 is 0 Å². The summed E-state index contributed by atoms with van der Waals surface area (Å²) in [6.07, 6.45) is 1.58. The molecule has 1 amide bonds. The molecule has 1 saturated heterocycles. The number of hydrogen-bond acceptors (Lipinski definition) is 6. The minimum atomic E-state index is -3.79. The molecule has 38 heavy (non-hydrogen) atoms. The van der Waals surface area contributed by atoms with Gasteiger partial charge in [0.05, 0.1) is 11.2 Å². The van der Waals surface area contributed by atoms with E-state index < -0.39 is 15.6 Å². The standard InChI is InChI=1S/C27H30FN5O4S/c1-17(2)20-14-21(18-6-8-19(28)9-7-18)29-22-15-23(37-25(20)22)26(34)33-13-12-32(16-27(33,3)4)38(35,36)24-10-11-31(5)30-24/h6-11,14-15,17H,12-13,16H2,1-5H3. The molecule has 5 rings (SSSR count). The van der Waals surface area contributed by atoms with E-state index in [1.54, 1.807) is 36.3 Å². The molecule has 200 valence electrons. The van der Waals surface area contributed by atoms with Crippen molar-refractivity contribution < 1.29 is 22.0 Å². The van der Waals surface area contributed by atoms with Crippen LogP contribution in [0.4, 0.5) is 4.39 Å². The summed E-state index contributed by atoms with van der Waals surface area (Å²) in [6.45, 7) is 8.16. The van der Waals surface area contributed by atoms with Crippen LogP contribution in [-0.2, 0) is 17.1 Å². The molecule has 0 N–H and O–H groups in total. The number of furan rings is 1. The number of carbonyl (C=O) groups is 1. The van der Waals surface area contributed by atoms with Crippen molar-refractivity contribution in [1.82, 2.24) is 24.0 Å². The minimum Gasteiger partial charge on any atom is -0.449 e. The van der Waals surface area contributed by atoms with Gasteiger partial charge in [0.1, 0.15) is 11.3 Å². The molecule has 9 nitrogen and oxygen atoms in total. The van der Waals surface area contributed by atoms with Crippen LogP contribution in [0.3, 0.4) is 0 Å². The van der Waals surface area contributed by atoms with Crippen LogP contribution in [-0.4, -0.2) is 63.5 Å². The minimum absolute atomic E-state index is 0.0166. The molecule has 4 heterocycles. The first-order valence-corrected chi connectivity index (χ1v) is 13.8. The Morgan fingerprint density at radius 3 is 2.42 bits per heavy atom. The molecule has 1 aromatic carbocycles. The van der Waals surface area contributed by atoms with Crippen LogP contribution in [0.1, 0.15) is 49.7 Å². The molecule has 0 spiro atoms. The summed E-state index contributed by atoms with van der Waals surface area (Å²) in [6, 6.07) is 11.1. The van der Waals surface area contributed by atoms with Crippen molar-refractivity contribution in [3.8, 4) is 11.3 Å². The van der Waals surface area contributed by atoms with Crippen LogP contribution in [0.2, 0.25) is 0 Å². The van der Waals surface area contributed by atoms with Gasteiger partial charge in [-0.1, -0.05) is 13.8 Å². The summed E-state index contributed by atoms with van der Waals surface area (Å²) >= 11 is 0. The van der Waals surface area contributed by atoms with Crippen LogP contribution in [0.15, 0.2) is 58.1 Å². The Morgan fingerprint density at radius 1 is 1.11 bits per heavy atom. The third-order valence-corrected chi connectivity index (χ3v) is 8.62. The van der Waals surface area contributed by atoms with Crippen LogP contribution >= 0.6 is 0 Å². The van der Waals surface area contributed by atoms with Gasteiger partial charge < -0.3 is 9.32 Å². The van der Waals surface area contributed by atoms with Crippen molar-refractivity contribution in [1.29, 1.82) is 0 Å². The van der Waals surface area contributed by atoms with Gasteiger partial charge in [-0.25, -0.2) is 17.8 Å². The predicted molar refractivity (Wildman–Crippen MR) is 141 cm³/mol. The van der Waals surface area contributed by atoms with Crippen LogP contribution in [0.5, 0.6) is 0 Å². The smallest absolute Gasteiger partial charge is 0.290 e. The number of hydrogen-bond donors (Lipinski definition) is 0. The molecule has 0 radical (unpaired) electrons. The van der Waals surface area contributed by atoms with Gasteiger partial charge in [0, 0.05) is 50.1 Å². The quantitative estimate of drug-likeness (QED) is 0.372. The second-order valence-electron chi connectivity index (χ2n) is 10.5. The molecule has 0 atom stereocenters. The highest BCUT2D eigenvalue weighted by Crippen LogP contribution is 2.33. The van der Waals surface area contributed by atoms with E-state index in [4.69, 9.17) is 9.40 Å². The number of benzene rings is 1. The predicted octanol–water partition coefficient (Wildman–Crippen LogP) is 4.42. The van der Waals surface area contributed by atoms with E-state index in [1.165, 1.54) is 27.2 Å². The molecule has 1 aliphatic heterocycles. The van der Waals surface area contributed by atoms with Crippen LogP contribution < -0.4 is 0 Å². The zero-order valence-corrected chi connectivity index (χ0v) is 22.8. The first-order chi connectivity index (χ1) is 17.9. The van der Waals surface area contributed by atoms with Crippen molar-refractivity contribution >= 4 is 27.0 Å². The molecular formula is C27H30FN5O4S. The summed E-state index contributed by atoms with van der Waals surface area (Å²) < 4.78 is 48.6. The van der Waals surface area contributed by atoms with E-state index in [-0.39, 0.29) is 48.1 Å². The van der Waals surface area contributed by atoms with Gasteiger partial charge in [-0.15, -0.1) is 0 Å². The van der Waals surface area contributed by atoms with Gasteiger partial charge in [-0.3, -0.25) is 9.48 Å². The van der Waals surface area contributed by atoms with Gasteiger partial charge in [-0.2, -0.15) is 9.40 Å². The lowest BCUT2D eigenvalue weighted by Crippen LogP contribution is -2.61. The molecule has 0 unspecified atom stereocenters. The Kier molecular flexibility index (Phi) is 6.39. The molecule has 11 heteroatoms. The fraction of sp³-hybridized carbons (Fsp3) is 0.370. The van der Waals surface area contributed by atoms with E-state index in [9.17, 15) is 17.6 Å². The monoisotopic (exact) mass is 539 g/mol. The number of carbonyl (C=O) groups excluding carboxylic acids is 1. The number of halogens is 1. The van der Waals surface area contributed by atoms with E-state index in [2.05, 4.69) is 5.10 Å². The number of fused-ring (bicyclic) bond motifs is 1. The van der Waals surface area contributed by atoms with E-state index in [1.807, 2.05) is 33.8 Å². The second-order valence-corrected chi connectivity index (χ2v) is 12.4. The average molecular weight is 540 g/mol. The molecule has 0 aliphatic carbocycles. The van der Waals surface area contributed by atoms with Gasteiger partial charge >= 0.3 is 0 Å². The Morgan fingerprint density at radius 2 is 1.82 bits per heavy atom. The van der Waals surface area contributed by atoms with Crippen LogP contribution in [0, 0.1) is 5.82 Å². The van der Waals surface area contributed by atoms with Crippen molar-refractivity contribution in [2.75, 3.05) is 19.6 Å². The highest BCUT2D eigenvalue weighted by Gasteiger charge is 2.42. The molecule has 1 aliphatic rings. The third-order valence-electron chi connectivity index (χ3n) is 6.89. The molecule has 0 saturated carbocycles. The van der Waals surface area contributed by atoms with Crippen LogP contribution in [0.25, 0.3) is 22.4 Å². The fourth-order valence-electron chi connectivity index (χ4n) is 4.84.